The van der Waals surface area contributed by atoms with Crippen LogP contribution >= 0.6 is 12.6 Å². The van der Waals surface area contributed by atoms with Crippen molar-refractivity contribution < 1.29 is 4.79 Å². The van der Waals surface area contributed by atoms with Crippen LogP contribution in [0, 0.1) is 6.92 Å². The molecule has 4 heteroatoms. The van der Waals surface area contributed by atoms with Crippen molar-refractivity contribution in [3.8, 4) is 0 Å². The van der Waals surface area contributed by atoms with Crippen molar-refractivity contribution in [2.75, 3.05) is 20.1 Å². The minimum Gasteiger partial charge on any atom is -0.348 e. The fourth-order valence-corrected chi connectivity index (χ4v) is 2.61. The monoisotopic (exact) mass is 264 g/mol. The zero-order valence-corrected chi connectivity index (χ0v) is 11.8. The Morgan fingerprint density at radius 3 is 3.00 bits per heavy atom. The highest BCUT2D eigenvalue weighted by molar-refractivity contribution is 7.80. The second-order valence-corrected chi connectivity index (χ2v) is 5.59. The van der Waals surface area contributed by atoms with E-state index >= 15 is 0 Å². The topological polar surface area (TPSA) is 32.3 Å². The van der Waals surface area contributed by atoms with E-state index in [9.17, 15) is 4.79 Å². The summed E-state index contributed by atoms with van der Waals surface area (Å²) in [6.45, 7) is 4.01. The van der Waals surface area contributed by atoms with Gasteiger partial charge in [0.25, 0.3) is 5.91 Å². The molecule has 18 heavy (non-hydrogen) atoms. The van der Waals surface area contributed by atoms with E-state index in [0.29, 0.717) is 0 Å². The molecule has 1 fully saturated rings. The molecule has 0 aromatic heterocycles. The first-order chi connectivity index (χ1) is 8.56. The Bertz CT molecular complexity index is 447. The van der Waals surface area contributed by atoms with E-state index in [4.69, 9.17) is 0 Å². The van der Waals surface area contributed by atoms with Crippen LogP contribution in [0.15, 0.2) is 23.1 Å². The van der Waals surface area contributed by atoms with Crippen molar-refractivity contribution >= 4 is 18.5 Å². The molecule has 0 bridgehead atoms. The molecule has 0 aliphatic carbocycles. The van der Waals surface area contributed by atoms with Gasteiger partial charge in [-0.3, -0.25) is 4.79 Å². The molecule has 1 aromatic carbocycles. The van der Waals surface area contributed by atoms with E-state index in [2.05, 4.69) is 29.9 Å². The number of thiol groups is 1. The first-order valence-corrected chi connectivity index (χ1v) is 6.80. The normalized spacial score (nSPS) is 20.7. The highest BCUT2D eigenvalue weighted by Gasteiger charge is 2.20. The van der Waals surface area contributed by atoms with Gasteiger partial charge in [-0.25, -0.2) is 0 Å². The van der Waals surface area contributed by atoms with E-state index in [-0.39, 0.29) is 11.9 Å². The van der Waals surface area contributed by atoms with E-state index in [1.165, 1.54) is 0 Å². The smallest absolute Gasteiger partial charge is 0.251 e. The zero-order chi connectivity index (χ0) is 13.1. The average Bonchev–Trinajstić information content (AvgIpc) is 2.32. The van der Waals surface area contributed by atoms with Crippen molar-refractivity contribution in [1.82, 2.24) is 10.2 Å². The highest BCUT2D eigenvalue weighted by atomic mass is 32.1. The van der Waals surface area contributed by atoms with Gasteiger partial charge >= 0.3 is 0 Å². The van der Waals surface area contributed by atoms with Gasteiger partial charge in [0.15, 0.2) is 0 Å². The summed E-state index contributed by atoms with van der Waals surface area (Å²) in [4.78, 5) is 15.3. The number of piperidine rings is 1. The molecule has 3 nitrogen and oxygen atoms in total. The van der Waals surface area contributed by atoms with Gasteiger partial charge < -0.3 is 10.2 Å². The van der Waals surface area contributed by atoms with Crippen molar-refractivity contribution in [3.05, 3.63) is 29.3 Å². The lowest BCUT2D eigenvalue weighted by atomic mass is 10.0. The van der Waals surface area contributed by atoms with Crippen LogP contribution in [0.1, 0.15) is 28.8 Å². The zero-order valence-electron chi connectivity index (χ0n) is 10.9. The van der Waals surface area contributed by atoms with Crippen LogP contribution in [0.4, 0.5) is 0 Å². The van der Waals surface area contributed by atoms with Gasteiger partial charge in [-0.1, -0.05) is 6.07 Å². The molecule has 1 saturated heterocycles. The third-order valence-electron chi connectivity index (χ3n) is 3.43. The third kappa shape index (κ3) is 3.27. The third-order valence-corrected chi connectivity index (χ3v) is 3.70. The number of rotatable bonds is 2. The number of nitrogens with zero attached hydrogens (tertiary/aromatic N) is 1. The van der Waals surface area contributed by atoms with Gasteiger partial charge in [0.1, 0.15) is 0 Å². The number of likely N-dealkylation sites (N-methyl/N-ethyl adjacent to an activating group) is 1. The van der Waals surface area contributed by atoms with Gasteiger partial charge in [-0.05, 0) is 51.1 Å². The number of hydrogen-bond acceptors (Lipinski definition) is 3. The predicted molar refractivity (Wildman–Crippen MR) is 76.4 cm³/mol. The average molecular weight is 264 g/mol. The number of aryl methyl sites for hydroxylation is 1. The first kappa shape index (κ1) is 13.4. The van der Waals surface area contributed by atoms with Crippen molar-refractivity contribution in [2.24, 2.45) is 0 Å². The number of carbonyl (C=O) groups excluding carboxylic acids is 1. The summed E-state index contributed by atoms with van der Waals surface area (Å²) in [6.07, 6.45) is 2.21. The molecule has 1 N–H and O–H groups in total. The second kappa shape index (κ2) is 5.76. The Balaban J connectivity index is 2.05. The molecule has 2 rings (SSSR count). The summed E-state index contributed by atoms with van der Waals surface area (Å²) in [5.74, 6) is 0.0173. The number of benzene rings is 1. The predicted octanol–water partition coefficient (Wildman–Crippen LogP) is 2.11. The second-order valence-electron chi connectivity index (χ2n) is 5.07. The summed E-state index contributed by atoms with van der Waals surface area (Å²) in [5, 5.41) is 3.12. The summed E-state index contributed by atoms with van der Waals surface area (Å²) < 4.78 is 0. The summed E-state index contributed by atoms with van der Waals surface area (Å²) in [5.41, 5.74) is 1.73. The van der Waals surface area contributed by atoms with Gasteiger partial charge in [0, 0.05) is 23.0 Å². The van der Waals surface area contributed by atoms with Crippen LogP contribution in [0.25, 0.3) is 0 Å². The summed E-state index contributed by atoms with van der Waals surface area (Å²) in [7, 11) is 2.10. The molecule has 0 radical (unpaired) electrons. The summed E-state index contributed by atoms with van der Waals surface area (Å²) in [6, 6.07) is 5.94. The molecule has 1 aromatic rings. The molecule has 98 valence electrons. The SMILES string of the molecule is Cc1ccc(S)cc1C(=O)NC1CCCN(C)C1. The molecule has 0 spiro atoms. The number of carbonyl (C=O) groups is 1. The maximum atomic E-state index is 12.2. The fourth-order valence-electron chi connectivity index (χ4n) is 2.40. The highest BCUT2D eigenvalue weighted by Crippen LogP contribution is 2.15. The standard InChI is InChI=1S/C14H20N2OS/c1-10-5-6-12(18)8-13(10)14(17)15-11-4-3-7-16(2)9-11/h5-6,8,11,18H,3-4,7,9H2,1-2H3,(H,15,17). The first-order valence-electron chi connectivity index (χ1n) is 6.35. The van der Waals surface area contributed by atoms with Gasteiger partial charge in [-0.2, -0.15) is 0 Å². The maximum Gasteiger partial charge on any atom is 0.251 e. The van der Waals surface area contributed by atoms with Crippen LogP contribution in [0.3, 0.4) is 0 Å². The Kier molecular flexibility index (Phi) is 4.30. The van der Waals surface area contributed by atoms with E-state index < -0.39 is 0 Å². The number of hydrogen-bond donors (Lipinski definition) is 2. The molecular weight excluding hydrogens is 244 g/mol. The lowest BCUT2D eigenvalue weighted by molar-refractivity contribution is 0.0911. The van der Waals surface area contributed by atoms with E-state index in [1.807, 2.05) is 25.1 Å². The molecule has 0 saturated carbocycles. The molecule has 1 atom stereocenters. The van der Waals surface area contributed by atoms with Crippen LogP contribution in [0.2, 0.25) is 0 Å². The van der Waals surface area contributed by atoms with Gasteiger partial charge in [0.05, 0.1) is 0 Å². The minimum atomic E-state index is 0.0173. The minimum absolute atomic E-state index is 0.0173. The molecular formula is C14H20N2OS. The maximum absolute atomic E-state index is 12.2. The molecule has 1 aliphatic rings. The summed E-state index contributed by atoms with van der Waals surface area (Å²) >= 11 is 4.29. The van der Waals surface area contributed by atoms with Crippen LogP contribution in [-0.4, -0.2) is 37.0 Å². The Labute approximate surface area is 114 Å². The number of amides is 1. The molecule has 1 amide bonds. The number of likely N-dealkylation sites (tertiary alicyclic amines) is 1. The van der Waals surface area contributed by atoms with Crippen molar-refractivity contribution in [2.45, 2.75) is 30.7 Å². The molecule has 1 heterocycles. The molecule has 1 aliphatic heterocycles. The Hall–Kier alpha value is -1.00. The van der Waals surface area contributed by atoms with E-state index in [1.54, 1.807) is 0 Å². The Morgan fingerprint density at radius 2 is 2.28 bits per heavy atom. The number of nitrogens with one attached hydrogen (secondary N) is 1. The quantitative estimate of drug-likeness (QED) is 0.802. The molecule has 1 unspecified atom stereocenters. The van der Waals surface area contributed by atoms with Crippen LogP contribution < -0.4 is 5.32 Å². The van der Waals surface area contributed by atoms with Gasteiger partial charge in [0.2, 0.25) is 0 Å². The van der Waals surface area contributed by atoms with Crippen molar-refractivity contribution in [1.29, 1.82) is 0 Å². The van der Waals surface area contributed by atoms with E-state index in [0.717, 1.165) is 42.0 Å². The lowest BCUT2D eigenvalue weighted by Gasteiger charge is -2.30. The fraction of sp³-hybridized carbons (Fsp3) is 0.500. The van der Waals surface area contributed by atoms with Crippen molar-refractivity contribution in [3.63, 3.8) is 0 Å². The lowest BCUT2D eigenvalue weighted by Crippen LogP contribution is -2.46. The largest absolute Gasteiger partial charge is 0.348 e. The van der Waals surface area contributed by atoms with Crippen LogP contribution in [0.5, 0.6) is 0 Å². The Morgan fingerprint density at radius 1 is 1.50 bits per heavy atom. The van der Waals surface area contributed by atoms with Gasteiger partial charge in [-0.15, -0.1) is 12.6 Å². The van der Waals surface area contributed by atoms with Crippen LogP contribution in [-0.2, 0) is 0 Å².